The highest BCUT2D eigenvalue weighted by Crippen LogP contribution is 2.36. The minimum Gasteiger partial charge on any atom is -0.454 e. The van der Waals surface area contributed by atoms with Crippen LogP contribution in [0.3, 0.4) is 0 Å². The van der Waals surface area contributed by atoms with Gasteiger partial charge in [0, 0.05) is 10.9 Å². The number of anilines is 1. The minimum absolute atomic E-state index is 0.238. The molecule has 3 aromatic rings. The average molecular weight is 311 g/mol. The Kier molecular flexibility index (Phi) is 2.74. The summed E-state index contributed by atoms with van der Waals surface area (Å²) in [5.41, 5.74) is 7.91. The number of aromatic nitrogens is 3. The summed E-state index contributed by atoms with van der Waals surface area (Å²) in [6.07, 6.45) is 1.43. The maximum absolute atomic E-state index is 8.93. The Morgan fingerprint density at radius 1 is 1.32 bits per heavy atom. The molecular weight excluding hydrogens is 302 g/mol. The molecule has 4 rings (SSSR count). The fraction of sp³-hybridized carbons (Fsp3) is 0.0714. The van der Waals surface area contributed by atoms with E-state index in [1.807, 2.05) is 29.6 Å². The summed E-state index contributed by atoms with van der Waals surface area (Å²) in [4.78, 5) is 4.52. The van der Waals surface area contributed by atoms with Gasteiger partial charge in [0.15, 0.2) is 11.5 Å². The number of nitrogens with two attached hydrogens (primary N) is 1. The van der Waals surface area contributed by atoms with Crippen LogP contribution in [0.5, 0.6) is 11.5 Å². The molecule has 8 heteroatoms. The number of nitriles is 1. The molecule has 0 bridgehead atoms. The van der Waals surface area contributed by atoms with E-state index in [0.717, 1.165) is 17.0 Å². The second kappa shape index (κ2) is 4.75. The highest BCUT2D eigenvalue weighted by atomic mass is 32.1. The van der Waals surface area contributed by atoms with Crippen molar-refractivity contribution >= 4 is 17.2 Å². The van der Waals surface area contributed by atoms with Gasteiger partial charge in [-0.15, -0.1) is 11.3 Å². The van der Waals surface area contributed by atoms with Crippen molar-refractivity contribution < 1.29 is 9.47 Å². The monoisotopic (exact) mass is 311 g/mol. The maximum Gasteiger partial charge on any atom is 0.231 e. The first-order chi connectivity index (χ1) is 10.8. The summed E-state index contributed by atoms with van der Waals surface area (Å²) in [5, 5.41) is 15.5. The summed E-state index contributed by atoms with van der Waals surface area (Å²) < 4.78 is 12.1. The van der Waals surface area contributed by atoms with Gasteiger partial charge in [0.2, 0.25) is 11.9 Å². The lowest BCUT2D eigenvalue weighted by Crippen LogP contribution is -2.01. The molecule has 2 aromatic heterocycles. The van der Waals surface area contributed by atoms with E-state index in [1.165, 1.54) is 22.2 Å². The normalized spacial score (nSPS) is 12.3. The van der Waals surface area contributed by atoms with Gasteiger partial charge < -0.3 is 15.2 Å². The number of hydrogen-bond acceptors (Lipinski definition) is 7. The molecule has 1 aliphatic heterocycles. The van der Waals surface area contributed by atoms with Gasteiger partial charge in [-0.05, 0) is 18.2 Å². The fourth-order valence-corrected chi connectivity index (χ4v) is 2.95. The Labute approximate surface area is 129 Å². The van der Waals surface area contributed by atoms with Gasteiger partial charge in [0.1, 0.15) is 17.5 Å². The van der Waals surface area contributed by atoms with Gasteiger partial charge >= 0.3 is 0 Å². The van der Waals surface area contributed by atoms with Gasteiger partial charge in [0.25, 0.3) is 0 Å². The van der Waals surface area contributed by atoms with Crippen LogP contribution in [-0.2, 0) is 0 Å². The largest absolute Gasteiger partial charge is 0.454 e. The van der Waals surface area contributed by atoms with E-state index in [2.05, 4.69) is 10.1 Å². The van der Waals surface area contributed by atoms with Crippen molar-refractivity contribution in [2.24, 2.45) is 0 Å². The minimum atomic E-state index is 0.238. The number of fused-ring (bicyclic) bond motifs is 1. The van der Waals surface area contributed by atoms with Gasteiger partial charge in [-0.1, -0.05) is 0 Å². The van der Waals surface area contributed by atoms with E-state index in [1.54, 1.807) is 0 Å². The van der Waals surface area contributed by atoms with Crippen molar-refractivity contribution in [2.45, 2.75) is 0 Å². The molecule has 0 fully saturated rings. The summed E-state index contributed by atoms with van der Waals surface area (Å²) in [5.74, 6) is 1.72. The predicted molar refractivity (Wildman–Crippen MR) is 79.9 cm³/mol. The fourth-order valence-electron chi connectivity index (χ4n) is 2.15. The third kappa shape index (κ3) is 1.88. The smallest absolute Gasteiger partial charge is 0.231 e. The Balaban J connectivity index is 1.72. The van der Waals surface area contributed by atoms with Gasteiger partial charge in [-0.3, -0.25) is 0 Å². The lowest BCUT2D eigenvalue weighted by atomic mass is 10.1. The van der Waals surface area contributed by atoms with Gasteiger partial charge in [-0.25, -0.2) is 4.98 Å². The van der Waals surface area contributed by atoms with Crippen LogP contribution in [0.1, 0.15) is 5.56 Å². The summed E-state index contributed by atoms with van der Waals surface area (Å²) in [6, 6.07) is 7.64. The van der Waals surface area contributed by atoms with Crippen LogP contribution in [0, 0.1) is 11.3 Å². The van der Waals surface area contributed by atoms with Crippen molar-refractivity contribution in [3.63, 3.8) is 0 Å². The molecule has 108 valence electrons. The number of hydrogen-bond donors (Lipinski definition) is 1. The number of thiazole rings is 1. The van der Waals surface area contributed by atoms with Crippen molar-refractivity contribution in [1.29, 1.82) is 5.26 Å². The molecule has 0 spiro atoms. The van der Waals surface area contributed by atoms with Gasteiger partial charge in [-0.2, -0.15) is 15.0 Å². The van der Waals surface area contributed by atoms with Crippen LogP contribution in [0.15, 0.2) is 29.8 Å². The molecule has 1 aliphatic rings. The predicted octanol–water partition coefficient (Wildman–Crippen LogP) is 2.18. The summed E-state index contributed by atoms with van der Waals surface area (Å²) >= 11 is 1.40. The second-order valence-corrected chi connectivity index (χ2v) is 5.39. The number of benzene rings is 1. The molecule has 0 saturated heterocycles. The summed E-state index contributed by atoms with van der Waals surface area (Å²) in [7, 11) is 0. The average Bonchev–Trinajstić information content (AvgIpc) is 3.25. The number of nitrogen functional groups attached to an aromatic ring is 1. The number of ether oxygens (including phenoxy) is 2. The molecular formula is C14H9N5O2S. The standard InChI is InChI=1S/C14H9N5O2S/c15-4-9-5-17-19(13(9)16)14-18-10(6-22-14)8-1-2-11-12(3-8)21-7-20-11/h1-3,5-6H,7,16H2. The molecule has 0 radical (unpaired) electrons. The van der Waals surface area contributed by atoms with Crippen LogP contribution in [0.25, 0.3) is 16.4 Å². The quantitative estimate of drug-likeness (QED) is 0.778. The molecule has 1 aromatic carbocycles. The van der Waals surface area contributed by atoms with Crippen molar-refractivity contribution in [1.82, 2.24) is 14.8 Å². The van der Waals surface area contributed by atoms with Crippen LogP contribution < -0.4 is 15.2 Å². The highest BCUT2D eigenvalue weighted by molar-refractivity contribution is 7.12. The van der Waals surface area contributed by atoms with Crippen LogP contribution in [0.4, 0.5) is 5.82 Å². The number of rotatable bonds is 2. The van der Waals surface area contributed by atoms with Crippen LogP contribution in [0.2, 0.25) is 0 Å². The zero-order valence-electron chi connectivity index (χ0n) is 11.2. The van der Waals surface area contributed by atoms with Gasteiger partial charge in [0.05, 0.1) is 11.9 Å². The van der Waals surface area contributed by atoms with E-state index < -0.39 is 0 Å². The molecule has 0 unspecified atom stereocenters. The third-order valence-electron chi connectivity index (χ3n) is 3.27. The van der Waals surface area contributed by atoms with Crippen molar-refractivity contribution in [2.75, 3.05) is 12.5 Å². The molecule has 7 nitrogen and oxygen atoms in total. The summed E-state index contributed by atoms with van der Waals surface area (Å²) in [6.45, 7) is 0.238. The molecule has 2 N–H and O–H groups in total. The van der Waals surface area contributed by atoms with Crippen LogP contribution in [-0.4, -0.2) is 21.6 Å². The molecule has 0 amide bonds. The molecule has 0 atom stereocenters. The first kappa shape index (κ1) is 12.7. The zero-order valence-corrected chi connectivity index (χ0v) is 12.0. The Morgan fingerprint density at radius 2 is 2.18 bits per heavy atom. The van der Waals surface area contributed by atoms with E-state index in [4.69, 9.17) is 20.5 Å². The Bertz CT molecular complexity index is 908. The Morgan fingerprint density at radius 3 is 3.00 bits per heavy atom. The molecule has 22 heavy (non-hydrogen) atoms. The van der Waals surface area contributed by atoms with E-state index in [9.17, 15) is 0 Å². The van der Waals surface area contributed by atoms with E-state index >= 15 is 0 Å². The zero-order chi connectivity index (χ0) is 15.1. The molecule has 3 heterocycles. The highest BCUT2D eigenvalue weighted by Gasteiger charge is 2.16. The topological polar surface area (TPSA) is 99.0 Å². The van der Waals surface area contributed by atoms with E-state index in [-0.39, 0.29) is 12.6 Å². The molecule has 0 saturated carbocycles. The Hall–Kier alpha value is -3.05. The lowest BCUT2D eigenvalue weighted by Gasteiger charge is -2.00. The van der Waals surface area contributed by atoms with E-state index in [0.29, 0.717) is 16.4 Å². The first-order valence-corrected chi connectivity index (χ1v) is 7.24. The van der Waals surface area contributed by atoms with Crippen molar-refractivity contribution in [3.05, 3.63) is 35.3 Å². The number of nitrogens with zero attached hydrogens (tertiary/aromatic N) is 4. The maximum atomic E-state index is 8.93. The third-order valence-corrected chi connectivity index (χ3v) is 4.08. The second-order valence-electron chi connectivity index (χ2n) is 4.55. The van der Waals surface area contributed by atoms with Crippen LogP contribution >= 0.6 is 11.3 Å². The lowest BCUT2D eigenvalue weighted by molar-refractivity contribution is 0.174. The first-order valence-electron chi connectivity index (χ1n) is 6.36. The SMILES string of the molecule is N#Cc1cnn(-c2nc(-c3ccc4c(c3)OCO4)cs2)c1N. The van der Waals surface area contributed by atoms with Crippen molar-refractivity contribution in [3.8, 4) is 34.0 Å². The molecule has 0 aliphatic carbocycles.